The first-order chi connectivity index (χ1) is 10.2. The molecule has 2 rings (SSSR count). The van der Waals surface area contributed by atoms with Crippen molar-refractivity contribution in [1.82, 2.24) is 0 Å². The smallest absolute Gasteiger partial charge is 0.390 e. The van der Waals surface area contributed by atoms with E-state index in [2.05, 4.69) is 4.74 Å². The van der Waals surface area contributed by atoms with Gasteiger partial charge in [0, 0.05) is 5.56 Å². The van der Waals surface area contributed by atoms with Gasteiger partial charge in [-0.2, -0.15) is 13.2 Å². The lowest BCUT2D eigenvalue weighted by Gasteiger charge is -2.36. The zero-order valence-electron chi connectivity index (χ0n) is 11.9. The number of hydrogen-bond donors (Lipinski definition) is 1. The Labute approximate surface area is 124 Å². The molecule has 0 aromatic heterocycles. The van der Waals surface area contributed by atoms with E-state index in [0.29, 0.717) is 5.56 Å². The third-order valence-corrected chi connectivity index (χ3v) is 3.94. The molecule has 1 aliphatic carbocycles. The first kappa shape index (κ1) is 16.3. The van der Waals surface area contributed by atoms with E-state index in [-0.39, 0.29) is 24.2 Å². The number of carbonyl (C=O) groups is 2. The minimum atomic E-state index is -4.57. The average molecular weight is 316 g/mol. The molecule has 0 saturated carbocycles. The summed E-state index contributed by atoms with van der Waals surface area (Å²) in [4.78, 5) is 24.1. The fourth-order valence-electron chi connectivity index (χ4n) is 2.91. The summed E-state index contributed by atoms with van der Waals surface area (Å²) in [6, 6.07) is 3.91. The molecule has 0 aliphatic heterocycles. The number of carbonyl (C=O) groups excluding carboxylic acids is 2. The summed E-state index contributed by atoms with van der Waals surface area (Å²) in [5.41, 5.74) is -1.22. The number of ketones is 1. The quantitative estimate of drug-likeness (QED) is 0.871. The van der Waals surface area contributed by atoms with Gasteiger partial charge >= 0.3 is 12.1 Å². The summed E-state index contributed by atoms with van der Waals surface area (Å²) < 4.78 is 43.2. The van der Waals surface area contributed by atoms with Crippen LogP contribution < -0.4 is 0 Å². The molecule has 1 atom stereocenters. The highest BCUT2D eigenvalue weighted by Gasteiger charge is 2.51. The number of aryl methyl sites for hydroxylation is 1. The van der Waals surface area contributed by atoms with Crippen LogP contribution in [0.25, 0.3) is 0 Å². The minimum absolute atomic E-state index is 0.0529. The fourth-order valence-corrected chi connectivity index (χ4v) is 2.91. The Hall–Kier alpha value is -2.05. The summed E-state index contributed by atoms with van der Waals surface area (Å²) in [6.07, 6.45) is -6.48. The van der Waals surface area contributed by atoms with Crippen molar-refractivity contribution in [2.45, 2.75) is 31.9 Å². The summed E-state index contributed by atoms with van der Waals surface area (Å²) in [5.74, 6) is -1.63. The Morgan fingerprint density at radius 2 is 2.09 bits per heavy atom. The molecular formula is C15H15F3O4. The van der Waals surface area contributed by atoms with Crippen LogP contribution >= 0.6 is 0 Å². The SMILES string of the molecule is COC(=O)C[C@]1(CC(F)(F)F)CCc2cc(O)ccc2C1=O. The Kier molecular flexibility index (Phi) is 4.17. The van der Waals surface area contributed by atoms with Gasteiger partial charge in [0.05, 0.1) is 25.4 Å². The molecule has 0 unspecified atom stereocenters. The van der Waals surface area contributed by atoms with Crippen LogP contribution in [-0.4, -0.2) is 30.1 Å². The molecule has 7 heteroatoms. The predicted molar refractivity (Wildman–Crippen MR) is 70.5 cm³/mol. The van der Waals surface area contributed by atoms with E-state index in [4.69, 9.17) is 0 Å². The minimum Gasteiger partial charge on any atom is -0.508 e. The third kappa shape index (κ3) is 3.23. The topological polar surface area (TPSA) is 63.6 Å². The third-order valence-electron chi connectivity index (χ3n) is 3.94. The first-order valence-corrected chi connectivity index (χ1v) is 6.67. The van der Waals surface area contributed by atoms with Gasteiger partial charge in [0.15, 0.2) is 5.78 Å². The number of Topliss-reactive ketones (excluding diaryl/α,β-unsaturated/α-hetero) is 1. The van der Waals surface area contributed by atoms with Crippen molar-refractivity contribution >= 4 is 11.8 Å². The van der Waals surface area contributed by atoms with Crippen LogP contribution in [0, 0.1) is 5.41 Å². The Balaban J connectivity index is 2.44. The molecule has 1 aromatic rings. The molecule has 1 aromatic carbocycles. The molecule has 4 nitrogen and oxygen atoms in total. The van der Waals surface area contributed by atoms with Gasteiger partial charge < -0.3 is 9.84 Å². The molecule has 0 fully saturated rings. The van der Waals surface area contributed by atoms with Crippen LogP contribution in [0.1, 0.15) is 35.2 Å². The van der Waals surface area contributed by atoms with Crippen LogP contribution in [0.15, 0.2) is 18.2 Å². The number of hydrogen-bond acceptors (Lipinski definition) is 4. The Bertz CT molecular complexity index is 609. The van der Waals surface area contributed by atoms with Gasteiger partial charge in [-0.1, -0.05) is 0 Å². The number of phenolic OH excluding ortho intramolecular Hbond substituents is 1. The number of ether oxygens (including phenoxy) is 1. The Morgan fingerprint density at radius 1 is 1.41 bits per heavy atom. The van der Waals surface area contributed by atoms with Gasteiger partial charge in [0.1, 0.15) is 5.75 Å². The van der Waals surface area contributed by atoms with Crippen molar-refractivity contribution < 1.29 is 32.6 Å². The fraction of sp³-hybridized carbons (Fsp3) is 0.467. The number of fused-ring (bicyclic) bond motifs is 1. The number of alkyl halides is 3. The molecule has 0 saturated heterocycles. The maximum absolute atomic E-state index is 12.9. The standard InChI is InChI=1S/C15H15F3O4/c1-22-12(20)7-14(8-15(16,17)18)5-4-9-6-10(19)2-3-11(9)13(14)21/h2-3,6,19H,4-5,7-8H2,1H3/t14-/m0/s1. The van der Waals surface area contributed by atoms with Gasteiger partial charge in [0.2, 0.25) is 0 Å². The van der Waals surface area contributed by atoms with Crippen molar-refractivity contribution in [3.63, 3.8) is 0 Å². The number of aromatic hydroxyl groups is 1. The normalized spacial score (nSPS) is 21.4. The summed E-state index contributed by atoms with van der Waals surface area (Å²) in [6.45, 7) is 0. The van der Waals surface area contributed by atoms with E-state index in [0.717, 1.165) is 7.11 Å². The molecule has 0 bridgehead atoms. The van der Waals surface area contributed by atoms with E-state index in [1.165, 1.54) is 18.2 Å². The van der Waals surface area contributed by atoms with E-state index < -0.39 is 36.2 Å². The van der Waals surface area contributed by atoms with E-state index in [1.54, 1.807) is 0 Å². The monoisotopic (exact) mass is 316 g/mol. The van der Waals surface area contributed by atoms with Crippen LogP contribution in [0.3, 0.4) is 0 Å². The maximum Gasteiger partial charge on any atom is 0.390 e. The van der Waals surface area contributed by atoms with Gasteiger partial charge in [-0.3, -0.25) is 9.59 Å². The van der Waals surface area contributed by atoms with Crippen molar-refractivity contribution in [2.75, 3.05) is 7.11 Å². The second-order valence-electron chi connectivity index (χ2n) is 5.50. The highest BCUT2D eigenvalue weighted by atomic mass is 19.4. The first-order valence-electron chi connectivity index (χ1n) is 6.67. The highest BCUT2D eigenvalue weighted by molar-refractivity contribution is 6.04. The summed E-state index contributed by atoms with van der Waals surface area (Å²) in [7, 11) is 1.07. The van der Waals surface area contributed by atoms with Crippen LogP contribution in [0.5, 0.6) is 5.75 Å². The number of phenols is 1. The zero-order valence-corrected chi connectivity index (χ0v) is 11.9. The lowest BCUT2D eigenvalue weighted by Crippen LogP contribution is -2.41. The Morgan fingerprint density at radius 3 is 2.68 bits per heavy atom. The molecule has 0 radical (unpaired) electrons. The maximum atomic E-state index is 12.9. The summed E-state index contributed by atoms with van der Waals surface area (Å²) in [5, 5.41) is 9.41. The van der Waals surface area contributed by atoms with Crippen LogP contribution in [0.2, 0.25) is 0 Å². The molecule has 0 spiro atoms. The number of methoxy groups -OCH3 is 1. The van der Waals surface area contributed by atoms with E-state index in [1.807, 2.05) is 0 Å². The second-order valence-corrected chi connectivity index (χ2v) is 5.50. The number of esters is 1. The number of halogens is 3. The van der Waals surface area contributed by atoms with Crippen molar-refractivity contribution in [2.24, 2.45) is 5.41 Å². The van der Waals surface area contributed by atoms with Crippen molar-refractivity contribution in [1.29, 1.82) is 0 Å². The molecule has 1 N–H and O–H groups in total. The molecule has 1 aliphatic rings. The van der Waals surface area contributed by atoms with Crippen molar-refractivity contribution in [3.8, 4) is 5.75 Å². The molecule has 120 valence electrons. The van der Waals surface area contributed by atoms with Crippen molar-refractivity contribution in [3.05, 3.63) is 29.3 Å². The predicted octanol–water partition coefficient (Wildman–Crippen LogP) is 3.02. The van der Waals surface area contributed by atoms with Gasteiger partial charge in [-0.25, -0.2) is 0 Å². The van der Waals surface area contributed by atoms with Gasteiger partial charge in [-0.05, 0) is 36.6 Å². The average Bonchev–Trinajstić information content (AvgIpc) is 2.41. The van der Waals surface area contributed by atoms with E-state index in [9.17, 15) is 27.9 Å². The molecule has 0 amide bonds. The number of rotatable bonds is 3. The second kappa shape index (κ2) is 5.62. The number of benzene rings is 1. The van der Waals surface area contributed by atoms with Gasteiger partial charge in [0.25, 0.3) is 0 Å². The lowest BCUT2D eigenvalue weighted by atomic mass is 9.66. The van der Waals surface area contributed by atoms with Gasteiger partial charge in [-0.15, -0.1) is 0 Å². The molecule has 22 heavy (non-hydrogen) atoms. The zero-order chi connectivity index (χ0) is 16.5. The lowest BCUT2D eigenvalue weighted by molar-refractivity contribution is -0.161. The molecule has 0 heterocycles. The molecular weight excluding hydrogens is 301 g/mol. The van der Waals surface area contributed by atoms with E-state index >= 15 is 0 Å². The van der Waals surface area contributed by atoms with Crippen LogP contribution in [-0.2, 0) is 16.0 Å². The highest BCUT2D eigenvalue weighted by Crippen LogP contribution is 2.46. The van der Waals surface area contributed by atoms with Crippen LogP contribution in [0.4, 0.5) is 13.2 Å². The summed E-state index contributed by atoms with van der Waals surface area (Å²) >= 11 is 0. The largest absolute Gasteiger partial charge is 0.508 e.